The minimum absolute atomic E-state index is 0.0937. The zero-order valence-corrected chi connectivity index (χ0v) is 12.5. The van der Waals surface area contributed by atoms with Gasteiger partial charge in [0, 0.05) is 26.3 Å². The van der Waals surface area contributed by atoms with Crippen molar-refractivity contribution in [2.75, 3.05) is 36.3 Å². The summed E-state index contributed by atoms with van der Waals surface area (Å²) < 4.78 is 28.3. The minimum atomic E-state index is -2.93. The molecule has 0 spiro atoms. The van der Waals surface area contributed by atoms with Crippen LogP contribution in [-0.4, -0.2) is 50.1 Å². The van der Waals surface area contributed by atoms with Gasteiger partial charge in [0.05, 0.1) is 11.5 Å². The molecule has 0 aliphatic carbocycles. The first-order valence-corrected chi connectivity index (χ1v) is 8.36. The van der Waals surface area contributed by atoms with Crippen LogP contribution in [0.1, 0.15) is 18.7 Å². The average molecular weight is 300 g/mol. The molecule has 0 saturated carbocycles. The van der Waals surface area contributed by atoms with Gasteiger partial charge in [-0.05, 0) is 12.8 Å². The highest BCUT2D eigenvalue weighted by molar-refractivity contribution is 7.91. The Morgan fingerprint density at radius 3 is 2.80 bits per heavy atom. The van der Waals surface area contributed by atoms with E-state index in [0.29, 0.717) is 30.5 Å². The van der Waals surface area contributed by atoms with Gasteiger partial charge in [-0.3, -0.25) is 0 Å². The lowest BCUT2D eigenvalue weighted by Gasteiger charge is -2.23. The number of anilines is 2. The van der Waals surface area contributed by atoms with Crippen molar-refractivity contribution >= 4 is 21.5 Å². The second-order valence-corrected chi connectivity index (χ2v) is 7.06. The van der Waals surface area contributed by atoms with Gasteiger partial charge in [0.25, 0.3) is 0 Å². The molecule has 0 bridgehead atoms. The highest BCUT2D eigenvalue weighted by Crippen LogP contribution is 2.18. The van der Waals surface area contributed by atoms with Crippen LogP contribution in [0.15, 0.2) is 6.07 Å². The molecule has 2 rings (SSSR count). The van der Waals surface area contributed by atoms with Gasteiger partial charge < -0.3 is 15.4 Å². The number of aromatic nitrogens is 2. The molecule has 1 aliphatic rings. The van der Waals surface area contributed by atoms with Crippen LogP contribution in [0.3, 0.4) is 0 Å². The molecule has 1 fully saturated rings. The molecule has 0 amide bonds. The second kappa shape index (κ2) is 6.36. The van der Waals surface area contributed by atoms with E-state index in [1.165, 1.54) is 0 Å². The van der Waals surface area contributed by atoms with E-state index < -0.39 is 9.84 Å². The van der Waals surface area contributed by atoms with Crippen molar-refractivity contribution in [2.24, 2.45) is 0 Å². The molecule has 1 atom stereocenters. The summed E-state index contributed by atoms with van der Waals surface area (Å²) in [5.74, 6) is 2.30. The largest absolute Gasteiger partial charge is 0.377 e. The minimum Gasteiger partial charge on any atom is -0.377 e. The Morgan fingerprint density at radius 2 is 2.15 bits per heavy atom. The fourth-order valence-electron chi connectivity index (χ4n) is 2.24. The van der Waals surface area contributed by atoms with Crippen molar-refractivity contribution < 1.29 is 13.2 Å². The van der Waals surface area contributed by atoms with E-state index in [0.717, 1.165) is 6.42 Å². The van der Waals surface area contributed by atoms with Gasteiger partial charge in [-0.25, -0.2) is 18.4 Å². The predicted molar refractivity (Wildman–Crippen MR) is 77.6 cm³/mol. The third-order valence-corrected chi connectivity index (χ3v) is 4.94. The smallest absolute Gasteiger partial charge is 0.158 e. The van der Waals surface area contributed by atoms with Gasteiger partial charge in [0.15, 0.2) is 15.7 Å². The Labute approximate surface area is 119 Å². The van der Waals surface area contributed by atoms with Crippen molar-refractivity contribution in [3.63, 3.8) is 0 Å². The third-order valence-electron chi connectivity index (χ3n) is 3.12. The van der Waals surface area contributed by atoms with Gasteiger partial charge in [0.1, 0.15) is 18.2 Å². The maximum Gasteiger partial charge on any atom is 0.158 e. The van der Waals surface area contributed by atoms with Crippen molar-refractivity contribution in [2.45, 2.75) is 25.5 Å². The quantitative estimate of drug-likeness (QED) is 0.824. The van der Waals surface area contributed by atoms with Crippen LogP contribution >= 0.6 is 0 Å². The highest BCUT2D eigenvalue weighted by atomic mass is 32.2. The second-order valence-electron chi connectivity index (χ2n) is 4.84. The Balaban J connectivity index is 2.13. The number of hydrogen-bond acceptors (Lipinski definition) is 7. The number of rotatable bonds is 5. The molecular weight excluding hydrogens is 280 g/mol. The fraction of sp³-hybridized carbons (Fsp3) is 0.667. The summed E-state index contributed by atoms with van der Waals surface area (Å²) in [4.78, 5) is 8.59. The van der Waals surface area contributed by atoms with E-state index in [2.05, 4.69) is 20.6 Å². The number of methoxy groups -OCH3 is 1. The third kappa shape index (κ3) is 4.04. The molecule has 2 heterocycles. The number of sulfone groups is 1. The molecule has 1 saturated heterocycles. The molecular formula is C12H20N4O3S. The summed E-state index contributed by atoms with van der Waals surface area (Å²) in [5, 5.41) is 6.14. The van der Waals surface area contributed by atoms with E-state index in [9.17, 15) is 8.42 Å². The summed E-state index contributed by atoms with van der Waals surface area (Å²) in [5.41, 5.74) is 0. The molecule has 1 aromatic heterocycles. The summed E-state index contributed by atoms with van der Waals surface area (Å²) in [7, 11) is 0.417. The molecule has 0 radical (unpaired) electrons. The van der Waals surface area contributed by atoms with Gasteiger partial charge >= 0.3 is 0 Å². The summed E-state index contributed by atoms with van der Waals surface area (Å²) in [6.45, 7) is 0.313. The van der Waals surface area contributed by atoms with E-state index in [4.69, 9.17) is 4.74 Å². The highest BCUT2D eigenvalue weighted by Gasteiger charge is 2.25. The van der Waals surface area contributed by atoms with Crippen LogP contribution in [0.4, 0.5) is 11.6 Å². The van der Waals surface area contributed by atoms with Crippen molar-refractivity contribution in [3.05, 3.63) is 11.9 Å². The average Bonchev–Trinajstić information content (AvgIpc) is 2.37. The molecule has 8 heteroatoms. The van der Waals surface area contributed by atoms with Crippen LogP contribution in [0.25, 0.3) is 0 Å². The SMILES string of the molecule is CNc1cc(NC2CCCS(=O)(=O)C2)nc(COC)n1. The maximum atomic E-state index is 11.6. The van der Waals surface area contributed by atoms with Crippen LogP contribution in [0.5, 0.6) is 0 Å². The van der Waals surface area contributed by atoms with Crippen LogP contribution < -0.4 is 10.6 Å². The Kier molecular flexibility index (Phi) is 4.77. The van der Waals surface area contributed by atoms with E-state index >= 15 is 0 Å². The standard InChI is InChI=1S/C12H20N4O3S/c1-13-10-6-11(16-12(15-10)7-19-2)14-9-4-3-5-20(17,18)8-9/h6,9H,3-5,7-8H2,1-2H3,(H2,13,14,15,16). The molecule has 7 nitrogen and oxygen atoms in total. The van der Waals surface area contributed by atoms with Gasteiger partial charge in [0.2, 0.25) is 0 Å². The maximum absolute atomic E-state index is 11.6. The van der Waals surface area contributed by atoms with E-state index in [-0.39, 0.29) is 17.5 Å². The molecule has 1 unspecified atom stereocenters. The van der Waals surface area contributed by atoms with Crippen molar-refractivity contribution in [1.29, 1.82) is 0 Å². The summed E-state index contributed by atoms with van der Waals surface area (Å²) in [6, 6.07) is 1.67. The van der Waals surface area contributed by atoms with Crippen LogP contribution in [-0.2, 0) is 21.2 Å². The van der Waals surface area contributed by atoms with Crippen LogP contribution in [0, 0.1) is 0 Å². The molecule has 112 valence electrons. The van der Waals surface area contributed by atoms with Crippen molar-refractivity contribution in [3.8, 4) is 0 Å². The van der Waals surface area contributed by atoms with E-state index in [1.54, 1.807) is 20.2 Å². The zero-order chi connectivity index (χ0) is 14.6. The first-order valence-electron chi connectivity index (χ1n) is 6.54. The fourth-order valence-corrected chi connectivity index (χ4v) is 3.87. The number of ether oxygens (including phenoxy) is 1. The Bertz CT molecular complexity index is 562. The molecule has 0 aromatic carbocycles. The Morgan fingerprint density at radius 1 is 1.40 bits per heavy atom. The van der Waals surface area contributed by atoms with E-state index in [1.807, 2.05) is 0 Å². The van der Waals surface area contributed by atoms with Gasteiger partial charge in [-0.1, -0.05) is 0 Å². The molecule has 1 aromatic rings. The first kappa shape index (κ1) is 15.0. The van der Waals surface area contributed by atoms with Crippen molar-refractivity contribution in [1.82, 2.24) is 9.97 Å². The monoisotopic (exact) mass is 300 g/mol. The molecule has 1 aliphatic heterocycles. The topological polar surface area (TPSA) is 93.2 Å². The summed E-state index contributed by atoms with van der Waals surface area (Å²) >= 11 is 0. The first-order chi connectivity index (χ1) is 9.52. The van der Waals surface area contributed by atoms with Gasteiger partial charge in [-0.15, -0.1) is 0 Å². The van der Waals surface area contributed by atoms with Gasteiger partial charge in [-0.2, -0.15) is 0 Å². The zero-order valence-electron chi connectivity index (χ0n) is 11.7. The summed E-state index contributed by atoms with van der Waals surface area (Å²) in [6.07, 6.45) is 1.52. The lowest BCUT2D eigenvalue weighted by atomic mass is 10.2. The molecule has 20 heavy (non-hydrogen) atoms. The number of nitrogens with zero attached hydrogens (tertiary/aromatic N) is 2. The Hall–Kier alpha value is -1.41. The number of hydrogen-bond donors (Lipinski definition) is 2. The molecule has 2 N–H and O–H groups in total. The predicted octanol–water partition coefficient (Wildman–Crippen LogP) is 0.654. The van der Waals surface area contributed by atoms with Crippen LogP contribution in [0.2, 0.25) is 0 Å². The number of nitrogens with one attached hydrogen (secondary N) is 2. The lowest BCUT2D eigenvalue weighted by Crippen LogP contribution is -2.35. The normalized spacial score (nSPS) is 21.4. The lowest BCUT2D eigenvalue weighted by molar-refractivity contribution is 0.178.